The van der Waals surface area contributed by atoms with E-state index in [1.165, 1.54) is 0 Å². The average molecular weight is 259 g/mol. The van der Waals surface area contributed by atoms with E-state index in [4.69, 9.17) is 10.5 Å². The highest BCUT2D eigenvalue weighted by molar-refractivity contribution is 5.92. The Balaban J connectivity index is 2.41. The zero-order valence-electron chi connectivity index (χ0n) is 11.7. The summed E-state index contributed by atoms with van der Waals surface area (Å²) in [4.78, 5) is 4.43. The van der Waals surface area contributed by atoms with E-state index in [9.17, 15) is 0 Å². The van der Waals surface area contributed by atoms with E-state index >= 15 is 0 Å². The molecule has 1 unspecified atom stereocenters. The highest BCUT2D eigenvalue weighted by Crippen LogP contribution is 2.26. The minimum Gasteiger partial charge on any atom is -0.497 e. The minimum absolute atomic E-state index is 0.212. The Labute approximate surface area is 114 Å². The fourth-order valence-corrected chi connectivity index (χ4v) is 2.06. The van der Waals surface area contributed by atoms with Crippen molar-refractivity contribution in [2.24, 2.45) is 11.7 Å². The molecular weight excluding hydrogens is 238 g/mol. The molecule has 4 nitrogen and oxygen atoms in total. The van der Waals surface area contributed by atoms with Gasteiger partial charge in [-0.05, 0) is 29.5 Å². The number of anilines is 1. The van der Waals surface area contributed by atoms with Gasteiger partial charge in [0.2, 0.25) is 0 Å². The minimum atomic E-state index is 0.212. The summed E-state index contributed by atoms with van der Waals surface area (Å²) in [5, 5.41) is 5.62. The Morgan fingerprint density at radius 3 is 2.74 bits per heavy atom. The van der Waals surface area contributed by atoms with Crippen molar-refractivity contribution in [2.45, 2.75) is 19.9 Å². The van der Waals surface area contributed by atoms with E-state index in [0.29, 0.717) is 12.5 Å². The number of benzene rings is 1. The van der Waals surface area contributed by atoms with Gasteiger partial charge in [0.15, 0.2) is 0 Å². The van der Waals surface area contributed by atoms with Crippen LogP contribution in [0.3, 0.4) is 0 Å². The highest BCUT2D eigenvalue weighted by atomic mass is 16.5. The Kier molecular flexibility index (Phi) is 4.22. The fourth-order valence-electron chi connectivity index (χ4n) is 2.06. The van der Waals surface area contributed by atoms with E-state index in [1.54, 1.807) is 7.11 Å². The molecule has 0 amide bonds. The molecule has 102 valence electrons. The molecule has 0 fully saturated rings. The van der Waals surface area contributed by atoms with Crippen LogP contribution >= 0.6 is 0 Å². The quantitative estimate of drug-likeness (QED) is 0.866. The average Bonchev–Trinajstić information content (AvgIpc) is 2.43. The summed E-state index contributed by atoms with van der Waals surface area (Å²) in [6, 6.07) is 8.19. The zero-order valence-corrected chi connectivity index (χ0v) is 11.7. The van der Waals surface area contributed by atoms with Crippen LogP contribution in [-0.4, -0.2) is 24.7 Å². The largest absolute Gasteiger partial charge is 0.497 e. The van der Waals surface area contributed by atoms with Crippen LogP contribution in [0, 0.1) is 5.92 Å². The van der Waals surface area contributed by atoms with E-state index in [-0.39, 0.29) is 6.04 Å². The highest BCUT2D eigenvalue weighted by Gasteiger charge is 2.13. The lowest BCUT2D eigenvalue weighted by molar-refractivity contribution is 0.415. The number of pyridine rings is 1. The van der Waals surface area contributed by atoms with Gasteiger partial charge in [0, 0.05) is 24.2 Å². The van der Waals surface area contributed by atoms with Crippen LogP contribution < -0.4 is 15.8 Å². The van der Waals surface area contributed by atoms with Gasteiger partial charge in [0.1, 0.15) is 11.6 Å². The molecule has 1 heterocycles. The number of fused-ring (bicyclic) bond motifs is 1. The predicted octanol–water partition coefficient (Wildman–Crippen LogP) is 2.64. The van der Waals surface area contributed by atoms with Gasteiger partial charge in [-0.3, -0.25) is 0 Å². The molecule has 19 heavy (non-hydrogen) atoms. The first-order valence-corrected chi connectivity index (χ1v) is 6.55. The molecule has 0 radical (unpaired) electrons. The smallest absolute Gasteiger partial charge is 0.134 e. The first-order valence-electron chi connectivity index (χ1n) is 6.55. The third-order valence-electron chi connectivity index (χ3n) is 3.35. The molecule has 3 N–H and O–H groups in total. The van der Waals surface area contributed by atoms with Crippen molar-refractivity contribution in [3.63, 3.8) is 0 Å². The number of rotatable bonds is 5. The zero-order chi connectivity index (χ0) is 13.8. The van der Waals surface area contributed by atoms with E-state index in [2.05, 4.69) is 24.1 Å². The summed E-state index contributed by atoms with van der Waals surface area (Å²) in [7, 11) is 1.67. The first kappa shape index (κ1) is 13.6. The first-order chi connectivity index (χ1) is 9.15. The maximum atomic E-state index is 5.81. The molecular formula is C15H21N3O. The second-order valence-electron chi connectivity index (χ2n) is 4.98. The lowest BCUT2D eigenvalue weighted by Crippen LogP contribution is -2.34. The summed E-state index contributed by atoms with van der Waals surface area (Å²) in [6.45, 7) is 4.88. The van der Waals surface area contributed by atoms with Crippen molar-refractivity contribution < 1.29 is 4.74 Å². The number of ether oxygens (including phenoxy) is 1. The third-order valence-corrected chi connectivity index (χ3v) is 3.35. The molecule has 1 atom stereocenters. The van der Waals surface area contributed by atoms with Crippen LogP contribution in [0.5, 0.6) is 5.75 Å². The summed E-state index contributed by atoms with van der Waals surface area (Å²) in [5.74, 6) is 2.14. The second kappa shape index (κ2) is 5.89. The molecule has 2 rings (SSSR count). The lowest BCUT2D eigenvalue weighted by atomic mass is 10.0. The number of nitrogens with zero attached hydrogens (tertiary/aromatic N) is 1. The number of aromatic nitrogens is 1. The number of methoxy groups -OCH3 is 1. The molecule has 0 aliphatic carbocycles. The van der Waals surface area contributed by atoms with Crippen LogP contribution in [0.2, 0.25) is 0 Å². The van der Waals surface area contributed by atoms with Crippen LogP contribution in [0.15, 0.2) is 30.5 Å². The Bertz CT molecular complexity index is 554. The van der Waals surface area contributed by atoms with Crippen molar-refractivity contribution in [2.75, 3.05) is 19.0 Å². The summed E-state index contributed by atoms with van der Waals surface area (Å²) >= 11 is 0. The molecule has 1 aromatic carbocycles. The van der Waals surface area contributed by atoms with Crippen molar-refractivity contribution in [3.05, 3.63) is 30.5 Å². The van der Waals surface area contributed by atoms with Gasteiger partial charge in [0.25, 0.3) is 0 Å². The molecule has 0 aliphatic rings. The molecule has 4 heteroatoms. The number of nitrogens with one attached hydrogen (secondary N) is 1. The summed E-state index contributed by atoms with van der Waals surface area (Å²) in [6.07, 6.45) is 1.81. The second-order valence-corrected chi connectivity index (χ2v) is 4.98. The topological polar surface area (TPSA) is 60.2 Å². The fraction of sp³-hybridized carbons (Fsp3) is 0.400. The van der Waals surface area contributed by atoms with Gasteiger partial charge in [0.05, 0.1) is 7.11 Å². The van der Waals surface area contributed by atoms with E-state index in [0.717, 1.165) is 22.3 Å². The SMILES string of the molecule is COc1ccc2ccnc(NC(CN)C(C)C)c2c1. The molecule has 2 aromatic rings. The number of nitrogens with two attached hydrogens (primary N) is 1. The third kappa shape index (κ3) is 2.96. The van der Waals surface area contributed by atoms with Crippen LogP contribution in [0.25, 0.3) is 10.8 Å². The normalized spacial score (nSPS) is 12.7. The Morgan fingerprint density at radius 2 is 2.11 bits per heavy atom. The van der Waals surface area contributed by atoms with Crippen LogP contribution in [0.1, 0.15) is 13.8 Å². The Hall–Kier alpha value is -1.81. The van der Waals surface area contributed by atoms with Gasteiger partial charge >= 0.3 is 0 Å². The van der Waals surface area contributed by atoms with E-state index in [1.807, 2.05) is 30.5 Å². The van der Waals surface area contributed by atoms with Gasteiger partial charge in [-0.25, -0.2) is 4.98 Å². The molecule has 1 aromatic heterocycles. The number of hydrogen-bond donors (Lipinski definition) is 2. The van der Waals surface area contributed by atoms with E-state index < -0.39 is 0 Å². The molecule has 0 aliphatic heterocycles. The molecule has 0 saturated carbocycles. The van der Waals surface area contributed by atoms with Crippen LogP contribution in [-0.2, 0) is 0 Å². The van der Waals surface area contributed by atoms with Crippen LogP contribution in [0.4, 0.5) is 5.82 Å². The lowest BCUT2D eigenvalue weighted by Gasteiger charge is -2.22. The monoisotopic (exact) mass is 259 g/mol. The van der Waals surface area contributed by atoms with Crippen molar-refractivity contribution >= 4 is 16.6 Å². The van der Waals surface area contributed by atoms with Gasteiger partial charge < -0.3 is 15.8 Å². The van der Waals surface area contributed by atoms with Gasteiger partial charge in [-0.2, -0.15) is 0 Å². The van der Waals surface area contributed by atoms with Crippen molar-refractivity contribution in [1.29, 1.82) is 0 Å². The molecule has 0 bridgehead atoms. The summed E-state index contributed by atoms with van der Waals surface area (Å²) < 4.78 is 5.28. The maximum absolute atomic E-state index is 5.81. The standard InChI is InChI=1S/C15H21N3O/c1-10(2)14(9-16)18-15-13-8-12(19-3)5-4-11(13)6-7-17-15/h4-8,10,14H,9,16H2,1-3H3,(H,17,18). The Morgan fingerprint density at radius 1 is 1.32 bits per heavy atom. The van der Waals surface area contributed by atoms with Gasteiger partial charge in [-0.15, -0.1) is 0 Å². The molecule has 0 spiro atoms. The molecule has 0 saturated heterocycles. The van der Waals surface area contributed by atoms with Gasteiger partial charge in [-0.1, -0.05) is 19.9 Å². The number of hydrogen-bond acceptors (Lipinski definition) is 4. The predicted molar refractivity (Wildman–Crippen MR) is 79.6 cm³/mol. The van der Waals surface area contributed by atoms with Crippen molar-refractivity contribution in [3.8, 4) is 5.75 Å². The summed E-state index contributed by atoms with van der Waals surface area (Å²) in [5.41, 5.74) is 5.81. The van der Waals surface area contributed by atoms with Crippen molar-refractivity contribution in [1.82, 2.24) is 4.98 Å². The maximum Gasteiger partial charge on any atom is 0.134 e.